The van der Waals surface area contributed by atoms with Crippen molar-refractivity contribution in [3.05, 3.63) is 12.2 Å². The van der Waals surface area contributed by atoms with Gasteiger partial charge in [0.15, 0.2) is 5.78 Å². The SMILES string of the molecule is CCC(=O)/C=C/[C@]1(C)CC[C@@H]2[C@@]3(C)CCCC(C)(C)[C@@H]3[C@@H](O)C[C@@]2(C)O1. The van der Waals surface area contributed by atoms with E-state index in [2.05, 4.69) is 34.6 Å². The average molecular weight is 363 g/mol. The molecule has 148 valence electrons. The van der Waals surface area contributed by atoms with Gasteiger partial charge in [-0.05, 0) is 74.3 Å². The van der Waals surface area contributed by atoms with Crippen LogP contribution in [0.2, 0.25) is 0 Å². The van der Waals surface area contributed by atoms with Crippen molar-refractivity contribution < 1.29 is 14.6 Å². The van der Waals surface area contributed by atoms with Crippen LogP contribution < -0.4 is 0 Å². The van der Waals surface area contributed by atoms with Crippen LogP contribution in [-0.4, -0.2) is 28.2 Å². The van der Waals surface area contributed by atoms with Gasteiger partial charge in [-0.2, -0.15) is 0 Å². The Morgan fingerprint density at radius 1 is 1.15 bits per heavy atom. The Balaban J connectivity index is 1.90. The van der Waals surface area contributed by atoms with Gasteiger partial charge in [0.25, 0.3) is 0 Å². The van der Waals surface area contributed by atoms with E-state index in [9.17, 15) is 9.90 Å². The summed E-state index contributed by atoms with van der Waals surface area (Å²) in [6.07, 6.45) is 10.2. The Bertz CT molecular complexity index is 594. The Labute approximate surface area is 159 Å². The van der Waals surface area contributed by atoms with E-state index in [1.807, 2.05) is 13.0 Å². The molecule has 3 fully saturated rings. The zero-order chi connectivity index (χ0) is 19.4. The summed E-state index contributed by atoms with van der Waals surface area (Å²) in [7, 11) is 0. The molecule has 0 radical (unpaired) electrons. The minimum atomic E-state index is -0.414. The molecule has 0 unspecified atom stereocenters. The lowest BCUT2D eigenvalue weighted by Gasteiger charge is -2.66. The van der Waals surface area contributed by atoms with Gasteiger partial charge in [0, 0.05) is 12.8 Å². The molecule has 0 spiro atoms. The van der Waals surface area contributed by atoms with Gasteiger partial charge in [-0.25, -0.2) is 0 Å². The van der Waals surface area contributed by atoms with E-state index in [4.69, 9.17) is 4.74 Å². The zero-order valence-electron chi connectivity index (χ0n) is 17.6. The van der Waals surface area contributed by atoms with Gasteiger partial charge in [-0.15, -0.1) is 0 Å². The van der Waals surface area contributed by atoms with E-state index in [0.717, 1.165) is 12.8 Å². The van der Waals surface area contributed by atoms with Crippen molar-refractivity contribution in [3.63, 3.8) is 0 Å². The first kappa shape index (κ1) is 20.1. The molecule has 2 aliphatic carbocycles. The Hall–Kier alpha value is -0.670. The Morgan fingerprint density at radius 3 is 2.50 bits per heavy atom. The smallest absolute Gasteiger partial charge is 0.155 e. The van der Waals surface area contributed by atoms with E-state index >= 15 is 0 Å². The molecule has 3 rings (SSSR count). The van der Waals surface area contributed by atoms with Gasteiger partial charge in [0.2, 0.25) is 0 Å². The second-order valence-electron chi connectivity index (χ2n) is 10.6. The van der Waals surface area contributed by atoms with Gasteiger partial charge in [0.05, 0.1) is 17.3 Å². The maximum absolute atomic E-state index is 11.7. The molecule has 2 saturated carbocycles. The minimum absolute atomic E-state index is 0.123. The monoisotopic (exact) mass is 362 g/mol. The number of hydrogen-bond donors (Lipinski definition) is 1. The van der Waals surface area contributed by atoms with E-state index in [-0.39, 0.29) is 28.3 Å². The van der Waals surface area contributed by atoms with Crippen molar-refractivity contribution in [1.29, 1.82) is 0 Å². The van der Waals surface area contributed by atoms with Gasteiger partial charge < -0.3 is 9.84 Å². The van der Waals surface area contributed by atoms with Gasteiger partial charge in [-0.3, -0.25) is 4.79 Å². The molecule has 0 amide bonds. The van der Waals surface area contributed by atoms with Crippen LogP contribution in [-0.2, 0) is 9.53 Å². The summed E-state index contributed by atoms with van der Waals surface area (Å²) in [6.45, 7) is 13.3. The quantitative estimate of drug-likeness (QED) is 0.714. The number of carbonyl (C=O) groups is 1. The van der Waals surface area contributed by atoms with Gasteiger partial charge in [0.1, 0.15) is 0 Å². The summed E-state index contributed by atoms with van der Waals surface area (Å²) in [5.41, 5.74) is -0.436. The fourth-order valence-corrected chi connectivity index (χ4v) is 7.12. The maximum atomic E-state index is 11.7. The maximum Gasteiger partial charge on any atom is 0.155 e. The normalized spacial score (nSPS) is 48.0. The third kappa shape index (κ3) is 3.20. The second kappa shape index (κ2) is 6.44. The third-order valence-electron chi connectivity index (χ3n) is 7.99. The average Bonchev–Trinajstić information content (AvgIpc) is 2.50. The molecule has 1 N–H and O–H groups in total. The topological polar surface area (TPSA) is 46.5 Å². The fraction of sp³-hybridized carbons (Fsp3) is 0.870. The van der Waals surface area contributed by atoms with Crippen LogP contribution in [0.3, 0.4) is 0 Å². The predicted molar refractivity (Wildman–Crippen MR) is 105 cm³/mol. The highest BCUT2D eigenvalue weighted by Gasteiger charge is 2.64. The summed E-state index contributed by atoms with van der Waals surface area (Å²) >= 11 is 0. The number of allylic oxidation sites excluding steroid dienone is 1. The summed E-state index contributed by atoms with van der Waals surface area (Å²) in [5, 5.41) is 11.2. The second-order valence-corrected chi connectivity index (χ2v) is 10.6. The summed E-state index contributed by atoms with van der Waals surface area (Å²) in [4.78, 5) is 11.7. The van der Waals surface area contributed by atoms with Crippen LogP contribution in [0.25, 0.3) is 0 Å². The number of aliphatic hydroxyl groups is 1. The summed E-state index contributed by atoms with van der Waals surface area (Å²) in [5.74, 6) is 0.949. The molecule has 1 heterocycles. The van der Waals surface area contributed by atoms with Crippen molar-refractivity contribution in [2.45, 2.75) is 104 Å². The first-order valence-corrected chi connectivity index (χ1v) is 10.6. The molecular weight excluding hydrogens is 324 g/mol. The summed E-state index contributed by atoms with van der Waals surface area (Å²) < 4.78 is 6.71. The molecule has 0 bridgehead atoms. The van der Waals surface area contributed by atoms with E-state index in [0.29, 0.717) is 24.7 Å². The fourth-order valence-electron chi connectivity index (χ4n) is 7.12. The lowest BCUT2D eigenvalue weighted by molar-refractivity contribution is -0.277. The Morgan fingerprint density at radius 2 is 1.85 bits per heavy atom. The van der Waals surface area contributed by atoms with Crippen LogP contribution >= 0.6 is 0 Å². The molecular formula is C23H38O3. The standard InChI is InChI=1S/C23H38O3/c1-7-16(24)9-13-21(4)14-10-18-22(5)12-8-11-20(2,3)19(22)17(25)15-23(18,6)26-21/h9,13,17-19,25H,7-8,10-12,14-15H2,1-6H3/b13-9+/t17-,18+,19-,21+,22+,23+/m0/s1. The highest BCUT2D eigenvalue weighted by atomic mass is 16.5. The lowest BCUT2D eigenvalue weighted by atomic mass is 9.43. The molecule has 0 aromatic rings. The summed E-state index contributed by atoms with van der Waals surface area (Å²) in [6, 6.07) is 0. The predicted octanol–water partition coefficient (Wildman–Crippen LogP) is 5.06. The number of fused-ring (bicyclic) bond motifs is 3. The Kier molecular flexibility index (Phi) is 4.98. The molecule has 1 saturated heterocycles. The molecule has 26 heavy (non-hydrogen) atoms. The van der Waals surface area contributed by atoms with Gasteiger partial charge >= 0.3 is 0 Å². The number of carbonyl (C=O) groups excluding carboxylic acids is 1. The van der Waals surface area contributed by atoms with E-state index < -0.39 is 5.60 Å². The largest absolute Gasteiger partial charge is 0.393 e. The van der Waals surface area contributed by atoms with Crippen molar-refractivity contribution in [1.82, 2.24) is 0 Å². The van der Waals surface area contributed by atoms with Crippen LogP contribution in [0.15, 0.2) is 12.2 Å². The molecule has 0 aromatic heterocycles. The van der Waals surface area contributed by atoms with Crippen LogP contribution in [0.1, 0.15) is 86.5 Å². The number of ether oxygens (including phenoxy) is 1. The zero-order valence-corrected chi connectivity index (χ0v) is 17.6. The van der Waals surface area contributed by atoms with Crippen molar-refractivity contribution in [2.75, 3.05) is 0 Å². The molecule has 3 nitrogen and oxygen atoms in total. The van der Waals surface area contributed by atoms with Crippen molar-refractivity contribution in [2.24, 2.45) is 22.7 Å². The van der Waals surface area contributed by atoms with Crippen LogP contribution in [0.4, 0.5) is 0 Å². The lowest BCUT2D eigenvalue weighted by Crippen LogP contribution is -2.66. The van der Waals surface area contributed by atoms with E-state index in [1.54, 1.807) is 6.08 Å². The molecule has 1 aliphatic heterocycles. The molecule has 3 heteroatoms. The number of ketones is 1. The van der Waals surface area contributed by atoms with Crippen LogP contribution in [0.5, 0.6) is 0 Å². The molecule has 6 atom stereocenters. The first-order valence-electron chi connectivity index (χ1n) is 10.6. The molecule has 0 aromatic carbocycles. The first-order chi connectivity index (χ1) is 12.0. The van der Waals surface area contributed by atoms with Crippen molar-refractivity contribution in [3.8, 4) is 0 Å². The minimum Gasteiger partial charge on any atom is -0.393 e. The highest BCUT2D eigenvalue weighted by molar-refractivity contribution is 5.89. The number of aliphatic hydroxyl groups excluding tert-OH is 1. The number of rotatable bonds is 3. The van der Waals surface area contributed by atoms with Gasteiger partial charge in [-0.1, -0.05) is 34.1 Å². The molecule has 3 aliphatic rings. The third-order valence-corrected chi connectivity index (χ3v) is 7.99. The van der Waals surface area contributed by atoms with E-state index in [1.165, 1.54) is 19.3 Å². The highest BCUT2D eigenvalue weighted by Crippen LogP contribution is 2.65. The van der Waals surface area contributed by atoms with Crippen LogP contribution in [0, 0.1) is 22.7 Å². The number of hydrogen-bond acceptors (Lipinski definition) is 3. The van der Waals surface area contributed by atoms with Crippen molar-refractivity contribution >= 4 is 5.78 Å².